The van der Waals surface area contributed by atoms with Crippen LogP contribution >= 0.6 is 0 Å². The maximum absolute atomic E-state index is 4.27. The van der Waals surface area contributed by atoms with Gasteiger partial charge in [0.25, 0.3) is 0 Å². The van der Waals surface area contributed by atoms with Crippen LogP contribution in [0.25, 0.3) is 16.7 Å². The van der Waals surface area contributed by atoms with Gasteiger partial charge in [-0.15, -0.1) is 5.73 Å². The average molecular weight is 1060 g/mol. The summed E-state index contributed by atoms with van der Waals surface area (Å²) in [5.41, 5.74) is 28.4. The number of nitrogens with one attached hydrogen (secondary N) is 1. The molecule has 9 rings (SSSR count). The van der Waals surface area contributed by atoms with Crippen LogP contribution in [0, 0.1) is 10.8 Å². The second kappa shape index (κ2) is 21.3. The predicted molar refractivity (Wildman–Crippen MR) is 350 cm³/mol. The molecule has 2 bridgehead atoms. The summed E-state index contributed by atoms with van der Waals surface area (Å²) < 4.78 is 0. The maximum Gasteiger partial charge on any atom is 0.0469 e. The molecule has 5 aliphatic rings. The Kier molecular flexibility index (Phi) is 15.3. The zero-order valence-corrected chi connectivity index (χ0v) is 51.5. The zero-order valence-electron chi connectivity index (χ0n) is 51.5. The molecule has 0 heterocycles. The fraction of sp³-hybridized carbons (Fsp3) is 0.338. The van der Waals surface area contributed by atoms with E-state index in [9.17, 15) is 0 Å². The van der Waals surface area contributed by atoms with Gasteiger partial charge in [0.2, 0.25) is 0 Å². The van der Waals surface area contributed by atoms with Crippen LogP contribution in [0.15, 0.2) is 217 Å². The third-order valence-electron chi connectivity index (χ3n) is 17.7. The summed E-state index contributed by atoms with van der Waals surface area (Å²) in [7, 11) is 2.11. The summed E-state index contributed by atoms with van der Waals surface area (Å²) in [5, 5.41) is 3.86. The van der Waals surface area contributed by atoms with E-state index in [4.69, 9.17) is 0 Å². The van der Waals surface area contributed by atoms with Gasteiger partial charge in [-0.05, 0) is 200 Å². The Balaban J connectivity index is 1.37. The van der Waals surface area contributed by atoms with Gasteiger partial charge in [0.1, 0.15) is 0 Å². The third kappa shape index (κ3) is 10.6. The van der Waals surface area contributed by atoms with E-state index in [-0.39, 0.29) is 27.1 Å². The Morgan fingerprint density at radius 2 is 1.40 bits per heavy atom. The van der Waals surface area contributed by atoms with Gasteiger partial charge in [-0.3, -0.25) is 0 Å². The summed E-state index contributed by atoms with van der Waals surface area (Å²) in [6.45, 7) is 45.8. The molecule has 4 aromatic rings. The van der Waals surface area contributed by atoms with E-state index in [0.29, 0.717) is 0 Å². The second-order valence-electron chi connectivity index (χ2n) is 27.4. The van der Waals surface area contributed by atoms with Crippen molar-refractivity contribution in [1.29, 1.82) is 0 Å². The maximum atomic E-state index is 4.27. The highest BCUT2D eigenvalue weighted by Gasteiger charge is 2.41. The van der Waals surface area contributed by atoms with Gasteiger partial charge >= 0.3 is 0 Å². The van der Waals surface area contributed by atoms with Crippen LogP contribution in [-0.4, -0.2) is 7.05 Å². The molecule has 5 aliphatic carbocycles. The van der Waals surface area contributed by atoms with E-state index in [1.165, 1.54) is 78.0 Å². The molecule has 0 saturated carbocycles. The van der Waals surface area contributed by atoms with E-state index in [1.807, 2.05) is 18.2 Å². The van der Waals surface area contributed by atoms with Crippen LogP contribution in [-0.2, 0) is 21.7 Å². The number of benzene rings is 4. The quantitative estimate of drug-likeness (QED) is 0.113. The fourth-order valence-electron chi connectivity index (χ4n) is 13.0. The van der Waals surface area contributed by atoms with Gasteiger partial charge in [0.15, 0.2) is 0 Å². The number of hydrogen-bond acceptors (Lipinski definition) is 3. The van der Waals surface area contributed by atoms with E-state index < -0.39 is 5.41 Å². The fourth-order valence-corrected chi connectivity index (χ4v) is 13.0. The van der Waals surface area contributed by atoms with Gasteiger partial charge < -0.3 is 15.1 Å². The van der Waals surface area contributed by atoms with Crippen molar-refractivity contribution < 1.29 is 0 Å². The van der Waals surface area contributed by atoms with Crippen molar-refractivity contribution in [3.63, 3.8) is 0 Å². The van der Waals surface area contributed by atoms with Crippen molar-refractivity contribution in [2.45, 2.75) is 152 Å². The van der Waals surface area contributed by atoms with Crippen molar-refractivity contribution in [2.24, 2.45) is 10.8 Å². The summed E-state index contributed by atoms with van der Waals surface area (Å²) in [5.74, 6) is 0. The monoisotopic (exact) mass is 1060 g/mol. The summed E-state index contributed by atoms with van der Waals surface area (Å²) in [4.78, 5) is 5.03. The molecule has 0 aromatic heterocycles. The lowest BCUT2D eigenvalue weighted by atomic mass is 9.71. The first-order valence-corrected chi connectivity index (χ1v) is 29.2. The topological polar surface area (TPSA) is 18.5 Å². The lowest BCUT2D eigenvalue weighted by molar-refractivity contribution is 0.367. The lowest BCUT2D eigenvalue weighted by Gasteiger charge is -2.35. The van der Waals surface area contributed by atoms with Crippen LogP contribution in [0.4, 0.5) is 28.4 Å². The smallest absolute Gasteiger partial charge is 0.0469 e. The minimum atomic E-state index is -0.446. The number of nitrogens with zero attached hydrogens (tertiary/aromatic N) is 2. The molecule has 80 heavy (non-hydrogen) atoms. The normalized spacial score (nSPS) is 20.3. The average Bonchev–Trinajstić information content (AvgIpc) is 3.84. The largest absolute Gasteiger partial charge is 0.387 e. The highest BCUT2D eigenvalue weighted by atomic mass is 15.2. The number of hydrogen-bond donors (Lipinski definition) is 1. The Morgan fingerprint density at radius 3 is 2.06 bits per heavy atom. The number of allylic oxidation sites excluding steroid dienone is 22. The molecular weight excluding hydrogens is 967 g/mol. The molecule has 412 valence electrons. The Bertz CT molecular complexity index is 3580. The van der Waals surface area contributed by atoms with Crippen molar-refractivity contribution in [2.75, 3.05) is 22.2 Å². The first-order chi connectivity index (χ1) is 37.7. The van der Waals surface area contributed by atoms with E-state index in [2.05, 4.69) is 298 Å². The molecule has 0 unspecified atom stereocenters. The van der Waals surface area contributed by atoms with Gasteiger partial charge in [-0.1, -0.05) is 201 Å². The number of anilines is 5. The summed E-state index contributed by atoms with van der Waals surface area (Å²) >= 11 is 0. The SMILES string of the molecule is C=C/C=C\C1=C2CC(C)(C)C/C=C(N(c3ccc(C(C)(C)C)cc3)c3ccc4c(c3)C3=C(C=CC=C=C3)C4(C)C)\C=C2\c2cc(N(/C(C)=C/C=C(\C=C)C(C)(C)C)c3ccc4c(c3)C(C)(C)CC=C4/C=C\C)cc(c2NC)C1(C)C. The molecule has 0 amide bonds. The van der Waals surface area contributed by atoms with E-state index in [0.717, 1.165) is 59.1 Å². The minimum Gasteiger partial charge on any atom is -0.387 e. The predicted octanol–water partition coefficient (Wildman–Crippen LogP) is 21.4. The van der Waals surface area contributed by atoms with Crippen molar-refractivity contribution in [1.82, 2.24) is 0 Å². The molecular formula is C77H89N3. The standard InChI is InChI=1S/C77H89N3/c1-20-23-29-67-65-50-74(11,12)43-42-58(80(55-35-33-54(34-36-55)73(8,9)10)56-38-40-68-63(46-56)61-28-25-24-26-30-66(61)76(68,15)16)45-62(65)64-47-59(49-70(71(64)78-19)77(67,17)18)79(51(4)31-32-53(22-3)72(5,6)7)57-37-39-60-52(27-21-2)41-44-75(13,14)69(60)48-57/h20-24,26-42,45-49,78H,1,3,43-44,50H2,2,4-19H3/b27-21-,29-23-,51-31+,53-32+,58-42+,62-45-. The lowest BCUT2D eigenvalue weighted by Crippen LogP contribution is -2.25. The Hall–Kier alpha value is -7.32. The van der Waals surface area contributed by atoms with Crippen LogP contribution in [0.2, 0.25) is 0 Å². The van der Waals surface area contributed by atoms with Crippen LogP contribution in [0.5, 0.6) is 0 Å². The molecule has 0 atom stereocenters. The second-order valence-corrected chi connectivity index (χ2v) is 27.4. The molecule has 1 N–H and O–H groups in total. The number of fused-ring (bicyclic) bond motifs is 7. The summed E-state index contributed by atoms with van der Waals surface area (Å²) in [6.07, 6.45) is 36.2. The van der Waals surface area contributed by atoms with Gasteiger partial charge in [0, 0.05) is 63.3 Å². The molecule has 0 radical (unpaired) electrons. The Morgan fingerprint density at radius 1 is 0.713 bits per heavy atom. The molecule has 0 fully saturated rings. The van der Waals surface area contributed by atoms with Gasteiger partial charge in [0.05, 0.1) is 0 Å². The molecule has 0 spiro atoms. The van der Waals surface area contributed by atoms with Crippen molar-refractivity contribution >= 4 is 45.2 Å². The first kappa shape index (κ1) is 57.4. The molecule has 3 heteroatoms. The molecule has 0 aliphatic heterocycles. The molecule has 4 aromatic carbocycles. The van der Waals surface area contributed by atoms with Gasteiger partial charge in [-0.25, -0.2) is 0 Å². The van der Waals surface area contributed by atoms with Crippen molar-refractivity contribution in [3.05, 3.63) is 255 Å². The summed E-state index contributed by atoms with van der Waals surface area (Å²) in [6, 6.07) is 28.6. The van der Waals surface area contributed by atoms with Gasteiger partial charge in [-0.2, -0.15) is 0 Å². The molecule has 3 nitrogen and oxygen atoms in total. The van der Waals surface area contributed by atoms with Crippen molar-refractivity contribution in [3.8, 4) is 0 Å². The highest BCUT2D eigenvalue weighted by molar-refractivity contribution is 5.96. The van der Waals surface area contributed by atoms with Crippen LogP contribution in [0.3, 0.4) is 0 Å². The Labute approximate surface area is 482 Å². The highest BCUT2D eigenvalue weighted by Crippen LogP contribution is 2.56. The van der Waals surface area contributed by atoms with E-state index in [1.54, 1.807) is 0 Å². The minimum absolute atomic E-state index is 0.00181. The third-order valence-corrected chi connectivity index (χ3v) is 17.7. The van der Waals surface area contributed by atoms with Crippen LogP contribution < -0.4 is 15.1 Å². The molecule has 0 saturated heterocycles. The van der Waals surface area contributed by atoms with E-state index >= 15 is 0 Å². The number of rotatable bonds is 12. The first-order valence-electron chi connectivity index (χ1n) is 29.2. The van der Waals surface area contributed by atoms with Crippen LogP contribution in [0.1, 0.15) is 169 Å². The zero-order chi connectivity index (χ0) is 57.9.